The normalized spacial score (nSPS) is 13.8. The lowest BCUT2D eigenvalue weighted by atomic mass is 9.94. The molecule has 0 amide bonds. The van der Waals surface area contributed by atoms with Gasteiger partial charge in [-0.1, -0.05) is 46.2 Å². The van der Waals surface area contributed by atoms with Crippen molar-refractivity contribution < 1.29 is 4.43 Å². The number of nitrogens with one attached hydrogen (secondary N) is 1. The molecule has 2 heterocycles. The smallest absolute Gasteiger partial charge is 0.192 e. The van der Waals surface area contributed by atoms with Gasteiger partial charge in [-0.15, -0.1) is 0 Å². The Kier molecular flexibility index (Phi) is 4.45. The lowest BCUT2D eigenvalue weighted by Crippen LogP contribution is -2.44. The first kappa shape index (κ1) is 17.4. The monoisotopic (exact) mass is 339 g/mol. The Labute approximate surface area is 138 Å². The molecule has 6 heteroatoms. The minimum Gasteiger partial charge on any atom is -0.416 e. The van der Waals surface area contributed by atoms with Crippen molar-refractivity contribution in [3.05, 3.63) is 23.2 Å². The van der Waals surface area contributed by atoms with E-state index in [0.29, 0.717) is 17.6 Å². The first-order valence-electron chi connectivity index (χ1n) is 7.59. The second kappa shape index (κ2) is 5.62. The molecular formula is C16H26ClN3OSi. The highest BCUT2D eigenvalue weighted by Gasteiger charge is 2.39. The zero-order chi connectivity index (χ0) is 16.8. The van der Waals surface area contributed by atoms with Gasteiger partial charge in [-0.3, -0.25) is 0 Å². The molecule has 0 aromatic carbocycles. The summed E-state index contributed by atoms with van der Waals surface area (Å²) in [4.78, 5) is 12.2. The molecule has 0 saturated carbocycles. The van der Waals surface area contributed by atoms with Crippen molar-refractivity contribution in [3.63, 3.8) is 0 Å². The van der Waals surface area contributed by atoms with Gasteiger partial charge >= 0.3 is 0 Å². The third-order valence-corrected chi connectivity index (χ3v) is 9.34. The van der Waals surface area contributed by atoms with E-state index in [-0.39, 0.29) is 10.5 Å². The van der Waals surface area contributed by atoms with Gasteiger partial charge in [-0.05, 0) is 24.2 Å². The van der Waals surface area contributed by atoms with Crippen LogP contribution in [0.2, 0.25) is 23.3 Å². The predicted molar refractivity (Wildman–Crippen MR) is 95.1 cm³/mol. The number of H-pyrrole nitrogens is 1. The van der Waals surface area contributed by atoms with Crippen LogP contribution in [0.25, 0.3) is 11.0 Å². The van der Waals surface area contributed by atoms with E-state index in [4.69, 9.17) is 16.0 Å². The van der Waals surface area contributed by atoms with E-state index in [2.05, 4.69) is 62.7 Å². The second-order valence-corrected chi connectivity index (χ2v) is 13.2. The van der Waals surface area contributed by atoms with E-state index in [9.17, 15) is 0 Å². The standard InChI is InChI=1S/C16H26ClN3OSi/c1-15(2,3)22(6,7)21-10-16(4,5)14-19-12(17)11-8-9-18-13(11)20-14/h8-9H,10H2,1-7H3,(H,18,19,20). The van der Waals surface area contributed by atoms with Crippen molar-refractivity contribution >= 4 is 31.0 Å². The molecular weight excluding hydrogens is 314 g/mol. The molecule has 2 rings (SSSR count). The van der Waals surface area contributed by atoms with Crippen LogP contribution in [0.5, 0.6) is 0 Å². The van der Waals surface area contributed by atoms with Crippen molar-refractivity contribution in [2.45, 2.75) is 58.2 Å². The fourth-order valence-electron chi connectivity index (χ4n) is 1.85. The lowest BCUT2D eigenvalue weighted by molar-refractivity contribution is 0.214. The Morgan fingerprint density at radius 2 is 1.82 bits per heavy atom. The fraction of sp³-hybridized carbons (Fsp3) is 0.625. The van der Waals surface area contributed by atoms with E-state index < -0.39 is 8.32 Å². The first-order chi connectivity index (χ1) is 9.94. The van der Waals surface area contributed by atoms with Gasteiger partial charge in [0.05, 0.1) is 5.39 Å². The van der Waals surface area contributed by atoms with Crippen LogP contribution in [-0.4, -0.2) is 29.9 Å². The zero-order valence-corrected chi connectivity index (χ0v) is 16.3. The zero-order valence-electron chi connectivity index (χ0n) is 14.5. The molecule has 0 aliphatic heterocycles. The number of aromatic nitrogens is 3. The minimum absolute atomic E-state index is 0.186. The molecule has 0 aliphatic rings. The van der Waals surface area contributed by atoms with Crippen molar-refractivity contribution in [1.82, 2.24) is 15.0 Å². The quantitative estimate of drug-likeness (QED) is 0.636. The summed E-state index contributed by atoms with van der Waals surface area (Å²) >= 11 is 6.27. The van der Waals surface area contributed by atoms with Crippen molar-refractivity contribution in [3.8, 4) is 0 Å². The van der Waals surface area contributed by atoms with Gasteiger partial charge in [0.15, 0.2) is 8.32 Å². The average molecular weight is 340 g/mol. The molecule has 0 unspecified atom stereocenters. The van der Waals surface area contributed by atoms with E-state index in [1.54, 1.807) is 0 Å². The van der Waals surface area contributed by atoms with Gasteiger partial charge in [-0.2, -0.15) is 0 Å². The highest BCUT2D eigenvalue weighted by molar-refractivity contribution is 6.74. The molecule has 0 atom stereocenters. The van der Waals surface area contributed by atoms with Crippen LogP contribution in [0.15, 0.2) is 12.3 Å². The summed E-state index contributed by atoms with van der Waals surface area (Å²) in [7, 11) is -1.80. The van der Waals surface area contributed by atoms with Crippen LogP contribution >= 0.6 is 11.6 Å². The van der Waals surface area contributed by atoms with E-state index in [1.165, 1.54) is 0 Å². The Morgan fingerprint density at radius 1 is 1.18 bits per heavy atom. The Balaban J connectivity index is 2.25. The number of rotatable bonds is 4. The number of nitrogens with zero attached hydrogens (tertiary/aromatic N) is 2. The lowest BCUT2D eigenvalue weighted by Gasteiger charge is -2.38. The molecule has 1 N–H and O–H groups in total. The van der Waals surface area contributed by atoms with E-state index >= 15 is 0 Å². The van der Waals surface area contributed by atoms with Gasteiger partial charge in [0, 0.05) is 18.2 Å². The van der Waals surface area contributed by atoms with E-state index in [1.807, 2.05) is 12.3 Å². The Morgan fingerprint density at radius 3 is 2.41 bits per heavy atom. The second-order valence-electron chi connectivity index (χ2n) is 8.01. The van der Waals surface area contributed by atoms with Gasteiger partial charge in [0.25, 0.3) is 0 Å². The third-order valence-electron chi connectivity index (χ3n) is 4.57. The number of hydrogen-bond donors (Lipinski definition) is 1. The van der Waals surface area contributed by atoms with E-state index in [0.717, 1.165) is 11.0 Å². The summed E-state index contributed by atoms with van der Waals surface area (Å²) in [5.41, 5.74) is 0.480. The van der Waals surface area contributed by atoms with Gasteiger partial charge < -0.3 is 9.41 Å². The summed E-state index contributed by atoms with van der Waals surface area (Å²) in [6.45, 7) is 16.0. The maximum Gasteiger partial charge on any atom is 0.192 e. The summed E-state index contributed by atoms with van der Waals surface area (Å²) < 4.78 is 6.35. The summed E-state index contributed by atoms with van der Waals surface area (Å²) in [5.74, 6) is 0.714. The first-order valence-corrected chi connectivity index (χ1v) is 10.9. The molecule has 22 heavy (non-hydrogen) atoms. The van der Waals surface area contributed by atoms with Crippen molar-refractivity contribution in [1.29, 1.82) is 0 Å². The van der Waals surface area contributed by atoms with Crippen LogP contribution in [0.3, 0.4) is 0 Å². The van der Waals surface area contributed by atoms with Gasteiger partial charge in [-0.25, -0.2) is 9.97 Å². The maximum absolute atomic E-state index is 6.35. The summed E-state index contributed by atoms with van der Waals surface area (Å²) in [5, 5.41) is 1.53. The summed E-state index contributed by atoms with van der Waals surface area (Å²) in [6, 6.07) is 1.89. The van der Waals surface area contributed by atoms with Gasteiger partial charge in [0.2, 0.25) is 0 Å². The third kappa shape index (κ3) is 3.36. The SMILES string of the molecule is CC(C)(CO[Si](C)(C)C(C)(C)C)c1nc(Cl)c2cc[nH]c2n1. The van der Waals surface area contributed by atoms with Gasteiger partial charge in [0.1, 0.15) is 16.6 Å². The molecule has 0 radical (unpaired) electrons. The molecule has 0 saturated heterocycles. The van der Waals surface area contributed by atoms with Crippen LogP contribution in [-0.2, 0) is 9.84 Å². The number of hydrogen-bond acceptors (Lipinski definition) is 3. The largest absolute Gasteiger partial charge is 0.416 e. The minimum atomic E-state index is -1.80. The van der Waals surface area contributed by atoms with Crippen LogP contribution in [0.4, 0.5) is 0 Å². The van der Waals surface area contributed by atoms with Crippen LogP contribution < -0.4 is 0 Å². The number of fused-ring (bicyclic) bond motifs is 1. The predicted octanol–water partition coefficient (Wildman–Crippen LogP) is 4.91. The Hall–Kier alpha value is -0.913. The molecule has 122 valence electrons. The Bertz CT molecular complexity index is 674. The summed E-state index contributed by atoms with van der Waals surface area (Å²) in [6.07, 6.45) is 1.83. The number of aromatic amines is 1. The van der Waals surface area contributed by atoms with Crippen LogP contribution in [0.1, 0.15) is 40.4 Å². The van der Waals surface area contributed by atoms with Crippen molar-refractivity contribution in [2.75, 3.05) is 6.61 Å². The molecule has 4 nitrogen and oxygen atoms in total. The highest BCUT2D eigenvalue weighted by Crippen LogP contribution is 2.38. The average Bonchev–Trinajstić information content (AvgIpc) is 2.84. The maximum atomic E-state index is 6.35. The molecule has 2 aromatic heterocycles. The molecule has 0 fully saturated rings. The van der Waals surface area contributed by atoms with Crippen LogP contribution in [0, 0.1) is 0 Å². The number of halogens is 1. The highest BCUT2D eigenvalue weighted by atomic mass is 35.5. The fourth-order valence-corrected chi connectivity index (χ4v) is 3.24. The molecule has 2 aromatic rings. The molecule has 0 aliphatic carbocycles. The van der Waals surface area contributed by atoms with Crippen molar-refractivity contribution in [2.24, 2.45) is 0 Å². The molecule has 0 bridgehead atoms. The molecule has 0 spiro atoms. The topological polar surface area (TPSA) is 50.8 Å².